The average Bonchev–Trinajstić information content (AvgIpc) is 2.92. The molecule has 5 nitrogen and oxygen atoms in total. The third-order valence-corrected chi connectivity index (χ3v) is 4.47. The van der Waals surface area contributed by atoms with Gasteiger partial charge in [0, 0.05) is 6.42 Å². The van der Waals surface area contributed by atoms with Crippen LogP contribution in [-0.4, -0.2) is 24.3 Å². The van der Waals surface area contributed by atoms with E-state index in [-0.39, 0.29) is 5.88 Å². The van der Waals surface area contributed by atoms with Crippen LogP contribution in [0.4, 0.5) is 5.82 Å². The number of anilines is 1. The molecular formula is C14H19N3O2S. The van der Waals surface area contributed by atoms with E-state index in [1.807, 2.05) is 0 Å². The molecule has 2 N–H and O–H groups in total. The van der Waals surface area contributed by atoms with E-state index in [1.165, 1.54) is 0 Å². The third kappa shape index (κ3) is 3.84. The number of benzene rings is 1. The number of aromatic amines is 1. The number of nitrogens with one attached hydrogen (secondary N) is 2. The Hall–Kier alpha value is -1.82. The van der Waals surface area contributed by atoms with Gasteiger partial charge in [0.05, 0.1) is 11.1 Å². The standard InChI is InChI=1S/C14H19N3O2S/c1-2-3-9-13-15-10-14(17-13)16-11-20(18,19)12-7-5-4-6-8-12/h4-8,10,16H,2-3,9,11H2,1H3,(H,15,17). The van der Waals surface area contributed by atoms with Crippen LogP contribution < -0.4 is 5.32 Å². The quantitative estimate of drug-likeness (QED) is 0.823. The molecule has 1 aromatic carbocycles. The second-order valence-corrected chi connectivity index (χ2v) is 6.59. The molecule has 0 radical (unpaired) electrons. The minimum absolute atomic E-state index is 0.146. The summed E-state index contributed by atoms with van der Waals surface area (Å²) in [5.74, 6) is 1.37. The van der Waals surface area contributed by atoms with Gasteiger partial charge in [-0.3, -0.25) is 0 Å². The van der Waals surface area contributed by atoms with Crippen molar-refractivity contribution in [2.24, 2.45) is 0 Å². The minimum atomic E-state index is -3.33. The normalized spacial score (nSPS) is 11.4. The number of H-pyrrole nitrogens is 1. The molecule has 2 rings (SSSR count). The van der Waals surface area contributed by atoms with Crippen LogP contribution >= 0.6 is 0 Å². The van der Waals surface area contributed by atoms with Gasteiger partial charge in [-0.1, -0.05) is 31.5 Å². The molecular weight excluding hydrogens is 274 g/mol. The average molecular weight is 293 g/mol. The summed E-state index contributed by atoms with van der Waals surface area (Å²) in [4.78, 5) is 7.62. The van der Waals surface area contributed by atoms with E-state index in [0.717, 1.165) is 25.1 Å². The molecule has 0 spiro atoms. The molecule has 0 fully saturated rings. The Bertz CT molecular complexity index is 635. The fourth-order valence-corrected chi connectivity index (χ4v) is 2.89. The molecule has 1 heterocycles. The van der Waals surface area contributed by atoms with Crippen LogP contribution in [-0.2, 0) is 16.3 Å². The predicted octanol–water partition coefficient (Wildman–Crippen LogP) is 2.60. The zero-order valence-corrected chi connectivity index (χ0v) is 12.3. The summed E-state index contributed by atoms with van der Waals surface area (Å²) in [6.45, 7) is 2.12. The molecule has 2 aromatic rings. The van der Waals surface area contributed by atoms with Gasteiger partial charge in [0.15, 0.2) is 9.84 Å². The molecule has 0 saturated heterocycles. The number of hydrogen-bond donors (Lipinski definition) is 2. The van der Waals surface area contributed by atoms with E-state index in [1.54, 1.807) is 36.5 Å². The van der Waals surface area contributed by atoms with Crippen LogP contribution in [0.25, 0.3) is 0 Å². The fraction of sp³-hybridized carbons (Fsp3) is 0.357. The highest BCUT2D eigenvalue weighted by molar-refractivity contribution is 7.91. The Kier molecular flexibility index (Phi) is 4.79. The highest BCUT2D eigenvalue weighted by Gasteiger charge is 2.13. The van der Waals surface area contributed by atoms with Crippen LogP contribution in [0.3, 0.4) is 0 Å². The molecule has 6 heteroatoms. The Morgan fingerprint density at radius 1 is 1.25 bits per heavy atom. The molecule has 0 aliphatic carbocycles. The number of unbranched alkanes of at least 4 members (excludes halogenated alkanes) is 1. The first-order chi connectivity index (χ1) is 9.62. The largest absolute Gasteiger partial charge is 0.356 e. The zero-order chi connectivity index (χ0) is 14.4. The number of sulfone groups is 1. The van der Waals surface area contributed by atoms with Crippen LogP contribution in [0, 0.1) is 0 Å². The summed E-state index contributed by atoms with van der Waals surface area (Å²) in [6, 6.07) is 8.41. The molecule has 0 aliphatic heterocycles. The second-order valence-electron chi connectivity index (χ2n) is 4.60. The monoisotopic (exact) mass is 293 g/mol. The van der Waals surface area contributed by atoms with E-state index in [2.05, 4.69) is 22.2 Å². The highest BCUT2D eigenvalue weighted by atomic mass is 32.2. The minimum Gasteiger partial charge on any atom is -0.356 e. The predicted molar refractivity (Wildman–Crippen MR) is 79.3 cm³/mol. The van der Waals surface area contributed by atoms with Crippen molar-refractivity contribution in [2.75, 3.05) is 11.2 Å². The molecule has 0 saturated carbocycles. The van der Waals surface area contributed by atoms with Crippen molar-refractivity contribution >= 4 is 15.7 Å². The number of aromatic nitrogens is 2. The van der Waals surface area contributed by atoms with E-state index in [9.17, 15) is 8.42 Å². The maximum Gasteiger partial charge on any atom is 0.196 e. The molecule has 0 aliphatic rings. The molecule has 20 heavy (non-hydrogen) atoms. The van der Waals surface area contributed by atoms with Crippen molar-refractivity contribution in [2.45, 2.75) is 31.1 Å². The molecule has 0 unspecified atom stereocenters. The Morgan fingerprint density at radius 2 is 2.00 bits per heavy atom. The van der Waals surface area contributed by atoms with Gasteiger partial charge in [-0.05, 0) is 18.6 Å². The smallest absolute Gasteiger partial charge is 0.196 e. The first-order valence-corrected chi connectivity index (χ1v) is 8.32. The van der Waals surface area contributed by atoms with Crippen LogP contribution in [0.5, 0.6) is 0 Å². The Morgan fingerprint density at radius 3 is 2.70 bits per heavy atom. The number of hydrogen-bond acceptors (Lipinski definition) is 4. The van der Waals surface area contributed by atoms with Gasteiger partial charge in [-0.2, -0.15) is 0 Å². The zero-order valence-electron chi connectivity index (χ0n) is 11.5. The first kappa shape index (κ1) is 14.6. The van der Waals surface area contributed by atoms with Gasteiger partial charge in [0.25, 0.3) is 0 Å². The fourth-order valence-electron chi connectivity index (χ4n) is 1.81. The molecule has 0 amide bonds. The maximum atomic E-state index is 12.1. The van der Waals surface area contributed by atoms with Crippen molar-refractivity contribution in [3.05, 3.63) is 42.4 Å². The molecule has 0 bridgehead atoms. The summed E-state index contributed by atoms with van der Waals surface area (Å²) < 4.78 is 24.2. The van der Waals surface area contributed by atoms with Crippen molar-refractivity contribution in [3.8, 4) is 0 Å². The summed E-state index contributed by atoms with van der Waals surface area (Å²) in [7, 11) is -3.33. The van der Waals surface area contributed by atoms with Gasteiger partial charge in [0.2, 0.25) is 0 Å². The Balaban J connectivity index is 1.96. The van der Waals surface area contributed by atoms with Crippen molar-refractivity contribution < 1.29 is 8.42 Å². The SMILES string of the molecule is CCCCc1ncc(NCS(=O)(=O)c2ccccc2)[nH]1. The van der Waals surface area contributed by atoms with E-state index in [0.29, 0.717) is 10.7 Å². The van der Waals surface area contributed by atoms with Crippen LogP contribution in [0.2, 0.25) is 0 Å². The lowest BCUT2D eigenvalue weighted by atomic mass is 10.2. The van der Waals surface area contributed by atoms with Crippen molar-refractivity contribution in [1.82, 2.24) is 9.97 Å². The summed E-state index contributed by atoms with van der Waals surface area (Å²) in [5.41, 5.74) is 0. The topological polar surface area (TPSA) is 74.8 Å². The highest BCUT2D eigenvalue weighted by Crippen LogP contribution is 2.12. The van der Waals surface area contributed by atoms with E-state index >= 15 is 0 Å². The van der Waals surface area contributed by atoms with Gasteiger partial charge in [-0.25, -0.2) is 13.4 Å². The number of rotatable bonds is 7. The van der Waals surface area contributed by atoms with Gasteiger partial charge < -0.3 is 10.3 Å². The van der Waals surface area contributed by atoms with E-state index < -0.39 is 9.84 Å². The lowest BCUT2D eigenvalue weighted by Crippen LogP contribution is -2.14. The number of imidazole rings is 1. The molecule has 0 atom stereocenters. The summed E-state index contributed by atoms with van der Waals surface area (Å²) >= 11 is 0. The van der Waals surface area contributed by atoms with Crippen LogP contribution in [0.15, 0.2) is 41.4 Å². The lowest BCUT2D eigenvalue weighted by molar-refractivity contribution is 0.597. The maximum absolute atomic E-state index is 12.1. The first-order valence-electron chi connectivity index (χ1n) is 6.67. The van der Waals surface area contributed by atoms with Crippen LogP contribution in [0.1, 0.15) is 25.6 Å². The van der Waals surface area contributed by atoms with Gasteiger partial charge in [-0.15, -0.1) is 0 Å². The lowest BCUT2D eigenvalue weighted by Gasteiger charge is -2.05. The Labute approximate surface area is 119 Å². The summed E-state index contributed by atoms with van der Waals surface area (Å²) in [5, 5.41) is 2.87. The van der Waals surface area contributed by atoms with E-state index in [4.69, 9.17) is 0 Å². The van der Waals surface area contributed by atoms with Gasteiger partial charge >= 0.3 is 0 Å². The van der Waals surface area contributed by atoms with Crippen molar-refractivity contribution in [3.63, 3.8) is 0 Å². The number of aryl methyl sites for hydroxylation is 1. The second kappa shape index (κ2) is 6.56. The third-order valence-electron chi connectivity index (χ3n) is 2.95. The van der Waals surface area contributed by atoms with Crippen molar-refractivity contribution in [1.29, 1.82) is 0 Å². The molecule has 1 aromatic heterocycles. The molecule has 108 valence electrons. The number of nitrogens with zero attached hydrogens (tertiary/aromatic N) is 1. The van der Waals surface area contributed by atoms with Gasteiger partial charge in [0.1, 0.15) is 17.5 Å². The summed E-state index contributed by atoms with van der Waals surface area (Å²) in [6.07, 6.45) is 4.68.